The van der Waals surface area contributed by atoms with Crippen molar-refractivity contribution in [1.29, 1.82) is 0 Å². The summed E-state index contributed by atoms with van der Waals surface area (Å²) in [7, 11) is 0. The van der Waals surface area contributed by atoms with Crippen LogP contribution in [0.2, 0.25) is 15.2 Å². The molecule has 0 unspecified atom stereocenters. The van der Waals surface area contributed by atoms with Crippen LogP contribution in [0, 0.1) is 12.7 Å². The van der Waals surface area contributed by atoms with Crippen molar-refractivity contribution in [3.63, 3.8) is 0 Å². The first-order valence-electron chi connectivity index (χ1n) is 7.30. The van der Waals surface area contributed by atoms with Crippen molar-refractivity contribution in [2.45, 2.75) is 6.92 Å². The highest BCUT2D eigenvalue weighted by Gasteiger charge is 2.19. The Bertz CT molecular complexity index is 973. The Balaban J connectivity index is 1.81. The van der Waals surface area contributed by atoms with Crippen LogP contribution in [0.1, 0.15) is 15.2 Å². The summed E-state index contributed by atoms with van der Waals surface area (Å²) < 4.78 is 13.2. The number of aromatic nitrogens is 1. The number of carbonyl (C=O) groups is 1. The van der Waals surface area contributed by atoms with Crippen molar-refractivity contribution in [3.8, 4) is 0 Å². The molecule has 0 radical (unpaired) electrons. The molecule has 0 saturated heterocycles. The van der Waals surface area contributed by atoms with Crippen LogP contribution < -0.4 is 10.6 Å². The van der Waals surface area contributed by atoms with Crippen LogP contribution >= 0.6 is 46.1 Å². The van der Waals surface area contributed by atoms with E-state index >= 15 is 0 Å². The topological polar surface area (TPSA) is 54.0 Å². The van der Waals surface area contributed by atoms with Gasteiger partial charge in [0.2, 0.25) is 0 Å². The zero-order chi connectivity index (χ0) is 18.8. The first-order valence-corrected chi connectivity index (χ1v) is 9.25. The number of nitrogens with zero attached hydrogens (tertiary/aromatic N) is 1. The molecular weight excluding hydrogens is 420 g/mol. The molecule has 3 aromatic rings. The monoisotopic (exact) mass is 429 g/mol. The third kappa shape index (κ3) is 4.10. The van der Waals surface area contributed by atoms with E-state index in [1.807, 2.05) is 13.0 Å². The van der Waals surface area contributed by atoms with Crippen LogP contribution in [-0.4, -0.2) is 10.9 Å². The van der Waals surface area contributed by atoms with Crippen molar-refractivity contribution < 1.29 is 9.18 Å². The van der Waals surface area contributed by atoms with Gasteiger partial charge in [-0.05, 0) is 36.8 Å². The Hall–Kier alpha value is -1.86. The van der Waals surface area contributed by atoms with Crippen LogP contribution in [0.5, 0.6) is 0 Å². The molecule has 4 nitrogen and oxygen atoms in total. The molecule has 3 rings (SSSR count). The number of anilines is 3. The molecule has 2 aromatic carbocycles. The van der Waals surface area contributed by atoms with Gasteiger partial charge in [-0.3, -0.25) is 4.79 Å². The second kappa shape index (κ2) is 7.80. The lowest BCUT2D eigenvalue weighted by atomic mass is 10.2. The highest BCUT2D eigenvalue weighted by molar-refractivity contribution is 7.18. The Morgan fingerprint density at radius 2 is 1.92 bits per heavy atom. The van der Waals surface area contributed by atoms with Gasteiger partial charge in [-0.15, -0.1) is 0 Å². The summed E-state index contributed by atoms with van der Waals surface area (Å²) in [5, 5.41) is 6.51. The Labute approximate surface area is 167 Å². The summed E-state index contributed by atoms with van der Waals surface area (Å²) in [6, 6.07) is 9.46. The number of nitrogens with one attached hydrogen (secondary N) is 2. The molecule has 0 aliphatic rings. The minimum Gasteiger partial charge on any atom is -0.331 e. The molecule has 2 N–H and O–H groups in total. The van der Waals surface area contributed by atoms with E-state index < -0.39 is 11.7 Å². The number of amides is 1. The number of hydrogen-bond acceptors (Lipinski definition) is 4. The fraction of sp³-hybridized carbons (Fsp3) is 0.0588. The molecule has 26 heavy (non-hydrogen) atoms. The zero-order valence-corrected chi connectivity index (χ0v) is 16.3. The summed E-state index contributed by atoms with van der Waals surface area (Å²) in [5.74, 6) is -0.946. The van der Waals surface area contributed by atoms with E-state index in [2.05, 4.69) is 15.6 Å². The van der Waals surface area contributed by atoms with Crippen molar-refractivity contribution in [3.05, 3.63) is 67.9 Å². The molecule has 9 heteroatoms. The summed E-state index contributed by atoms with van der Waals surface area (Å²) in [6.45, 7) is 1.83. The molecule has 0 aliphatic carbocycles. The van der Waals surface area contributed by atoms with Gasteiger partial charge in [-0.25, -0.2) is 9.37 Å². The Kier molecular flexibility index (Phi) is 5.67. The van der Waals surface area contributed by atoms with Crippen LogP contribution in [0.3, 0.4) is 0 Å². The third-order valence-corrected chi connectivity index (χ3v) is 5.38. The number of carbonyl (C=O) groups excluding carboxylic acids is 1. The van der Waals surface area contributed by atoms with Gasteiger partial charge in [-0.1, -0.05) is 58.3 Å². The average molecular weight is 431 g/mol. The summed E-state index contributed by atoms with van der Waals surface area (Å²) in [6.07, 6.45) is 0. The Morgan fingerprint density at radius 3 is 2.62 bits per heavy atom. The van der Waals surface area contributed by atoms with E-state index in [4.69, 9.17) is 34.8 Å². The van der Waals surface area contributed by atoms with Crippen molar-refractivity contribution in [1.82, 2.24) is 4.98 Å². The van der Waals surface area contributed by atoms with Crippen molar-refractivity contribution >= 4 is 68.6 Å². The predicted molar refractivity (Wildman–Crippen MR) is 106 cm³/mol. The van der Waals surface area contributed by atoms with Crippen molar-refractivity contribution in [2.75, 3.05) is 10.6 Å². The van der Waals surface area contributed by atoms with Gasteiger partial charge >= 0.3 is 0 Å². The summed E-state index contributed by atoms with van der Waals surface area (Å²) >= 11 is 19.0. The first-order chi connectivity index (χ1) is 12.3. The number of benzene rings is 2. The quantitative estimate of drug-likeness (QED) is 0.493. The summed E-state index contributed by atoms with van der Waals surface area (Å²) in [5.41, 5.74) is 1.87. The molecule has 0 bridgehead atoms. The number of rotatable bonds is 4. The molecule has 1 amide bonds. The first kappa shape index (κ1) is 18.9. The number of halogens is 4. The molecule has 0 atom stereocenters. The molecule has 134 valence electrons. The van der Waals surface area contributed by atoms with Crippen molar-refractivity contribution in [2.24, 2.45) is 0 Å². The lowest BCUT2D eigenvalue weighted by Crippen LogP contribution is -2.12. The molecule has 0 aliphatic heterocycles. The van der Waals surface area contributed by atoms with Crippen LogP contribution in [-0.2, 0) is 0 Å². The van der Waals surface area contributed by atoms with Gasteiger partial charge in [-0.2, -0.15) is 0 Å². The maximum Gasteiger partial charge on any atom is 0.269 e. The van der Waals surface area contributed by atoms with Gasteiger partial charge in [0.15, 0.2) is 10.3 Å². The second-order valence-corrected chi connectivity index (χ2v) is 7.45. The van der Waals surface area contributed by atoms with E-state index in [9.17, 15) is 9.18 Å². The highest BCUT2D eigenvalue weighted by atomic mass is 35.5. The van der Waals surface area contributed by atoms with Gasteiger partial charge in [0, 0.05) is 5.69 Å². The maximum atomic E-state index is 13.2. The van der Waals surface area contributed by atoms with E-state index in [-0.39, 0.29) is 15.1 Å². The lowest BCUT2D eigenvalue weighted by molar-refractivity contribution is 0.103. The van der Waals surface area contributed by atoms with Gasteiger partial charge in [0.1, 0.15) is 10.7 Å². The molecule has 1 aromatic heterocycles. The number of aryl methyl sites for hydroxylation is 1. The van der Waals surface area contributed by atoms with E-state index in [0.717, 1.165) is 16.9 Å². The standard InChI is InChI=1S/C17H11Cl3FN3OS/c1-8-3-2-4-10(18)13(8)23-16(25)14-15(20)24-17(26-14)22-9-5-6-12(21)11(19)7-9/h2-7H,1H3,(H,22,24)(H,23,25). The van der Waals surface area contributed by atoms with E-state index in [1.165, 1.54) is 18.2 Å². The Morgan fingerprint density at radius 1 is 1.15 bits per heavy atom. The van der Waals surface area contributed by atoms with Gasteiger partial charge in [0.25, 0.3) is 5.91 Å². The van der Waals surface area contributed by atoms with Gasteiger partial charge < -0.3 is 10.6 Å². The second-order valence-electron chi connectivity index (χ2n) is 5.28. The van der Waals surface area contributed by atoms with Gasteiger partial charge in [0.05, 0.1) is 15.7 Å². The average Bonchev–Trinajstić information content (AvgIpc) is 2.95. The fourth-order valence-electron chi connectivity index (χ4n) is 2.15. The molecule has 1 heterocycles. The minimum atomic E-state index is -0.524. The number of para-hydroxylation sites is 1. The van der Waals surface area contributed by atoms with Crippen LogP contribution in [0.4, 0.5) is 20.9 Å². The molecule has 0 fully saturated rings. The zero-order valence-electron chi connectivity index (χ0n) is 13.2. The number of thiazole rings is 1. The van der Waals surface area contributed by atoms with E-state index in [0.29, 0.717) is 21.5 Å². The number of hydrogen-bond donors (Lipinski definition) is 2. The molecule has 0 spiro atoms. The van der Waals surface area contributed by atoms with Crippen LogP contribution in [0.15, 0.2) is 36.4 Å². The smallest absolute Gasteiger partial charge is 0.269 e. The predicted octanol–water partition coefficient (Wildman–Crippen LogP) is 6.55. The summed E-state index contributed by atoms with van der Waals surface area (Å²) in [4.78, 5) is 16.9. The lowest BCUT2D eigenvalue weighted by Gasteiger charge is -2.09. The minimum absolute atomic E-state index is 0.0233. The SMILES string of the molecule is Cc1cccc(Cl)c1NC(=O)c1sc(Nc2ccc(F)c(Cl)c2)nc1Cl. The molecular formula is C17H11Cl3FN3OS. The molecule has 0 saturated carbocycles. The fourth-order valence-corrected chi connectivity index (χ4v) is 3.71. The highest BCUT2D eigenvalue weighted by Crippen LogP contribution is 2.32. The normalized spacial score (nSPS) is 10.7. The maximum absolute atomic E-state index is 13.2. The largest absolute Gasteiger partial charge is 0.331 e. The van der Waals surface area contributed by atoms with Crippen LogP contribution in [0.25, 0.3) is 0 Å². The third-order valence-electron chi connectivity index (χ3n) is 3.42. The van der Waals surface area contributed by atoms with E-state index in [1.54, 1.807) is 12.1 Å².